The van der Waals surface area contributed by atoms with E-state index in [2.05, 4.69) is 15.3 Å². The van der Waals surface area contributed by atoms with Gasteiger partial charge in [0.15, 0.2) is 0 Å². The van der Waals surface area contributed by atoms with Gasteiger partial charge in [-0.15, -0.1) is 11.3 Å². The monoisotopic (exact) mass is 415 g/mol. The number of methoxy groups -OCH3 is 1. The van der Waals surface area contributed by atoms with Crippen LogP contribution in [0.4, 0.5) is 0 Å². The second-order valence-corrected chi connectivity index (χ2v) is 7.28. The predicted molar refractivity (Wildman–Crippen MR) is 108 cm³/mol. The van der Waals surface area contributed by atoms with Gasteiger partial charge in [0.1, 0.15) is 5.01 Å². The molecule has 1 amide bonds. The van der Waals surface area contributed by atoms with Crippen LogP contribution >= 0.6 is 22.9 Å². The van der Waals surface area contributed by atoms with Crippen molar-refractivity contribution in [3.63, 3.8) is 0 Å². The molecule has 3 aromatic rings. The van der Waals surface area contributed by atoms with E-state index in [9.17, 15) is 9.59 Å². The number of carbonyl (C=O) groups is 2. The van der Waals surface area contributed by atoms with Crippen molar-refractivity contribution in [2.45, 2.75) is 18.9 Å². The second kappa shape index (κ2) is 9.43. The zero-order chi connectivity index (χ0) is 19.9. The van der Waals surface area contributed by atoms with Crippen LogP contribution in [0.3, 0.4) is 0 Å². The molecule has 3 rings (SSSR count). The summed E-state index contributed by atoms with van der Waals surface area (Å²) in [6, 6.07) is 12.1. The number of hydrogen-bond donors (Lipinski definition) is 1. The van der Waals surface area contributed by atoms with Gasteiger partial charge in [0.25, 0.3) is 0 Å². The Morgan fingerprint density at radius 2 is 2.00 bits per heavy atom. The van der Waals surface area contributed by atoms with Crippen molar-refractivity contribution in [3.8, 4) is 10.7 Å². The van der Waals surface area contributed by atoms with E-state index in [4.69, 9.17) is 16.3 Å². The van der Waals surface area contributed by atoms with E-state index in [1.165, 1.54) is 18.4 Å². The number of halogens is 1. The number of nitrogens with zero attached hydrogens (tertiary/aromatic N) is 2. The van der Waals surface area contributed by atoms with Crippen LogP contribution in [-0.4, -0.2) is 29.0 Å². The van der Waals surface area contributed by atoms with Crippen LogP contribution in [-0.2, 0) is 20.7 Å². The molecule has 144 valence electrons. The SMILES string of the molecule is COC(=O)C[C@@H](NC(=O)Cc1csc(-c2ccccn2)n1)c1ccc(Cl)cc1. The number of aromatic nitrogens is 2. The summed E-state index contributed by atoms with van der Waals surface area (Å²) >= 11 is 7.36. The first kappa shape index (κ1) is 20.0. The summed E-state index contributed by atoms with van der Waals surface area (Å²) in [6.45, 7) is 0. The smallest absolute Gasteiger partial charge is 0.307 e. The highest BCUT2D eigenvalue weighted by molar-refractivity contribution is 7.13. The summed E-state index contributed by atoms with van der Waals surface area (Å²) in [5, 5.41) is 6.05. The number of hydrogen-bond acceptors (Lipinski definition) is 6. The molecule has 2 heterocycles. The maximum Gasteiger partial charge on any atom is 0.307 e. The molecular formula is C20H18ClN3O3S. The summed E-state index contributed by atoms with van der Waals surface area (Å²) in [5.74, 6) is -0.645. The van der Waals surface area contributed by atoms with Crippen molar-refractivity contribution in [1.82, 2.24) is 15.3 Å². The first-order valence-corrected chi connectivity index (χ1v) is 9.78. The lowest BCUT2D eigenvalue weighted by molar-refractivity contribution is -0.141. The number of carbonyl (C=O) groups excluding carboxylic acids is 2. The van der Waals surface area contributed by atoms with E-state index in [0.29, 0.717) is 10.7 Å². The first-order valence-electron chi connectivity index (χ1n) is 8.52. The third kappa shape index (κ3) is 5.37. The van der Waals surface area contributed by atoms with Crippen LogP contribution in [0, 0.1) is 0 Å². The quantitative estimate of drug-likeness (QED) is 0.593. The molecule has 1 aromatic carbocycles. The van der Waals surface area contributed by atoms with Gasteiger partial charge in [-0.3, -0.25) is 14.6 Å². The fourth-order valence-corrected chi connectivity index (χ4v) is 3.52. The Labute approximate surface area is 171 Å². The van der Waals surface area contributed by atoms with Crippen LogP contribution in [0.15, 0.2) is 54.0 Å². The van der Waals surface area contributed by atoms with Gasteiger partial charge >= 0.3 is 5.97 Å². The molecule has 0 aliphatic carbocycles. The Morgan fingerprint density at radius 3 is 2.68 bits per heavy atom. The molecule has 0 aliphatic rings. The number of thiazole rings is 1. The topological polar surface area (TPSA) is 81.2 Å². The van der Waals surface area contributed by atoms with Crippen molar-refractivity contribution >= 4 is 34.8 Å². The number of pyridine rings is 1. The average molecular weight is 416 g/mol. The molecule has 0 fully saturated rings. The third-order valence-corrected chi connectivity index (χ3v) is 5.15. The summed E-state index contributed by atoms with van der Waals surface area (Å²) < 4.78 is 4.74. The van der Waals surface area contributed by atoms with E-state index in [1.807, 2.05) is 23.6 Å². The van der Waals surface area contributed by atoms with Crippen LogP contribution in [0.5, 0.6) is 0 Å². The lowest BCUT2D eigenvalue weighted by Gasteiger charge is -2.18. The van der Waals surface area contributed by atoms with Gasteiger partial charge < -0.3 is 10.1 Å². The number of amides is 1. The maximum atomic E-state index is 12.5. The van der Waals surface area contributed by atoms with Gasteiger partial charge in [0.2, 0.25) is 5.91 Å². The van der Waals surface area contributed by atoms with Crippen molar-refractivity contribution in [1.29, 1.82) is 0 Å². The summed E-state index contributed by atoms with van der Waals surface area (Å²) in [4.78, 5) is 33.0. The van der Waals surface area contributed by atoms with Gasteiger partial charge in [-0.05, 0) is 29.8 Å². The molecule has 6 nitrogen and oxygen atoms in total. The minimum absolute atomic E-state index is 0.0279. The first-order chi connectivity index (χ1) is 13.5. The molecule has 0 saturated heterocycles. The number of benzene rings is 1. The fourth-order valence-electron chi connectivity index (χ4n) is 2.60. The van der Waals surface area contributed by atoms with E-state index in [1.54, 1.807) is 30.5 Å². The Balaban J connectivity index is 1.69. The Kier molecular flexibility index (Phi) is 6.73. The molecule has 0 saturated carbocycles. The van der Waals surface area contributed by atoms with Crippen molar-refractivity contribution in [3.05, 3.63) is 70.3 Å². The van der Waals surface area contributed by atoms with Crippen LogP contribution in [0.1, 0.15) is 23.7 Å². The lowest BCUT2D eigenvalue weighted by Crippen LogP contribution is -2.31. The van der Waals surface area contributed by atoms with Gasteiger partial charge in [-0.1, -0.05) is 29.8 Å². The Bertz CT molecular complexity index is 945. The number of ether oxygens (including phenoxy) is 1. The lowest BCUT2D eigenvalue weighted by atomic mass is 10.0. The molecule has 0 spiro atoms. The normalized spacial score (nSPS) is 11.6. The number of rotatable bonds is 7. The standard InChI is InChI=1S/C20H18ClN3O3S/c1-27-19(26)11-17(13-5-7-14(21)8-6-13)24-18(25)10-15-12-28-20(23-15)16-4-2-3-9-22-16/h2-9,12,17H,10-11H2,1H3,(H,24,25)/t17-/m1/s1. The molecule has 0 unspecified atom stereocenters. The zero-order valence-electron chi connectivity index (χ0n) is 15.1. The highest BCUT2D eigenvalue weighted by atomic mass is 35.5. The minimum Gasteiger partial charge on any atom is -0.469 e. The highest BCUT2D eigenvalue weighted by Gasteiger charge is 2.20. The van der Waals surface area contributed by atoms with E-state index in [-0.39, 0.29) is 18.7 Å². The molecule has 1 N–H and O–H groups in total. The van der Waals surface area contributed by atoms with E-state index < -0.39 is 12.0 Å². The predicted octanol–water partition coefficient (Wildman–Crippen LogP) is 3.82. The second-order valence-electron chi connectivity index (χ2n) is 5.99. The van der Waals surface area contributed by atoms with Crippen molar-refractivity contribution in [2.75, 3.05) is 7.11 Å². The Hall–Kier alpha value is -2.77. The van der Waals surface area contributed by atoms with Crippen molar-refractivity contribution in [2.24, 2.45) is 0 Å². The highest BCUT2D eigenvalue weighted by Crippen LogP contribution is 2.23. The molecule has 2 aromatic heterocycles. The molecule has 0 bridgehead atoms. The van der Waals surface area contributed by atoms with Gasteiger partial charge in [0.05, 0.1) is 37.4 Å². The molecule has 0 aliphatic heterocycles. The molecule has 0 radical (unpaired) electrons. The molecular weight excluding hydrogens is 398 g/mol. The summed E-state index contributed by atoms with van der Waals surface area (Å²) in [7, 11) is 1.32. The maximum absolute atomic E-state index is 12.5. The van der Waals surface area contributed by atoms with Gasteiger partial charge in [-0.25, -0.2) is 4.98 Å². The number of esters is 1. The van der Waals surface area contributed by atoms with Gasteiger partial charge in [-0.2, -0.15) is 0 Å². The van der Waals surface area contributed by atoms with Gasteiger partial charge in [0, 0.05) is 16.6 Å². The zero-order valence-corrected chi connectivity index (χ0v) is 16.7. The number of nitrogens with one attached hydrogen (secondary N) is 1. The van der Waals surface area contributed by atoms with Crippen LogP contribution < -0.4 is 5.32 Å². The third-order valence-electron chi connectivity index (χ3n) is 3.98. The fraction of sp³-hybridized carbons (Fsp3) is 0.200. The average Bonchev–Trinajstić information content (AvgIpc) is 3.17. The molecule has 28 heavy (non-hydrogen) atoms. The van der Waals surface area contributed by atoms with Crippen LogP contribution in [0.25, 0.3) is 10.7 Å². The molecule has 1 atom stereocenters. The largest absolute Gasteiger partial charge is 0.469 e. The van der Waals surface area contributed by atoms with E-state index in [0.717, 1.165) is 16.3 Å². The summed E-state index contributed by atoms with van der Waals surface area (Å²) in [6.07, 6.45) is 1.83. The summed E-state index contributed by atoms with van der Waals surface area (Å²) in [5.41, 5.74) is 2.19. The molecule has 8 heteroatoms. The van der Waals surface area contributed by atoms with Crippen LogP contribution in [0.2, 0.25) is 5.02 Å². The van der Waals surface area contributed by atoms with Crippen molar-refractivity contribution < 1.29 is 14.3 Å². The Morgan fingerprint density at radius 1 is 1.21 bits per heavy atom. The van der Waals surface area contributed by atoms with E-state index >= 15 is 0 Å². The minimum atomic E-state index is -0.508.